The molecule has 162 valence electrons. The van der Waals surface area contributed by atoms with Gasteiger partial charge in [0.1, 0.15) is 5.70 Å². The van der Waals surface area contributed by atoms with Gasteiger partial charge in [0.15, 0.2) is 0 Å². The molecular formula is C26H31N3O2. The minimum Gasteiger partial charge on any atom is -0.364 e. The number of rotatable bonds is 4. The second-order valence-electron chi connectivity index (χ2n) is 8.70. The fraction of sp³-hybridized carbons (Fsp3) is 0.385. The number of nitrogens with zero attached hydrogens (tertiary/aromatic N) is 3. The Bertz CT molecular complexity index is 1080. The molecule has 2 aromatic rings. The molecule has 2 amide bonds. The Balaban J connectivity index is 1.84. The van der Waals surface area contributed by atoms with E-state index in [1.807, 2.05) is 58.0 Å². The molecule has 0 aliphatic carbocycles. The molecule has 0 unspecified atom stereocenters. The molecule has 0 saturated carbocycles. The second kappa shape index (κ2) is 8.31. The van der Waals surface area contributed by atoms with Crippen LogP contribution in [-0.4, -0.2) is 54.3 Å². The van der Waals surface area contributed by atoms with Gasteiger partial charge in [-0.25, -0.2) is 4.90 Å². The van der Waals surface area contributed by atoms with E-state index in [1.165, 1.54) is 4.90 Å². The molecule has 0 aromatic heterocycles. The SMILES string of the molecule is CCN1CCN(C2=C(c3ccc(C)cc3C)C(=O)N(c3cc(C)ccc3C)C2=O)CC1. The van der Waals surface area contributed by atoms with E-state index in [4.69, 9.17) is 0 Å². The molecule has 0 atom stereocenters. The van der Waals surface area contributed by atoms with Crippen LogP contribution in [0.4, 0.5) is 5.69 Å². The minimum atomic E-state index is -0.224. The van der Waals surface area contributed by atoms with Gasteiger partial charge in [-0.05, 0) is 62.6 Å². The maximum atomic E-state index is 13.8. The first-order valence-electron chi connectivity index (χ1n) is 11.1. The number of amides is 2. The van der Waals surface area contributed by atoms with Crippen LogP contribution in [-0.2, 0) is 9.59 Å². The van der Waals surface area contributed by atoms with Gasteiger partial charge in [-0.3, -0.25) is 9.59 Å². The highest BCUT2D eigenvalue weighted by Gasteiger charge is 2.43. The smallest absolute Gasteiger partial charge is 0.282 e. The second-order valence-corrected chi connectivity index (χ2v) is 8.70. The highest BCUT2D eigenvalue weighted by Crippen LogP contribution is 2.37. The Hall–Kier alpha value is -2.92. The lowest BCUT2D eigenvalue weighted by atomic mass is 9.97. The summed E-state index contributed by atoms with van der Waals surface area (Å²) >= 11 is 0. The summed E-state index contributed by atoms with van der Waals surface area (Å²) in [6.45, 7) is 14.4. The van der Waals surface area contributed by atoms with Gasteiger partial charge in [-0.15, -0.1) is 0 Å². The van der Waals surface area contributed by atoms with Crippen LogP contribution < -0.4 is 4.90 Å². The number of carbonyl (C=O) groups is 2. The molecular weight excluding hydrogens is 386 g/mol. The number of anilines is 1. The van der Waals surface area contributed by atoms with E-state index in [1.54, 1.807) is 0 Å². The van der Waals surface area contributed by atoms with E-state index < -0.39 is 0 Å². The third-order valence-corrected chi connectivity index (χ3v) is 6.45. The lowest BCUT2D eigenvalue weighted by Gasteiger charge is -2.36. The van der Waals surface area contributed by atoms with Crippen molar-refractivity contribution in [3.63, 3.8) is 0 Å². The van der Waals surface area contributed by atoms with Gasteiger partial charge in [-0.2, -0.15) is 0 Å². The summed E-state index contributed by atoms with van der Waals surface area (Å²) < 4.78 is 0. The molecule has 2 aromatic carbocycles. The summed E-state index contributed by atoms with van der Waals surface area (Å²) in [6.07, 6.45) is 0. The van der Waals surface area contributed by atoms with Gasteiger partial charge < -0.3 is 9.80 Å². The molecule has 2 heterocycles. The Kier molecular flexibility index (Phi) is 5.71. The Morgan fingerprint density at radius 1 is 0.774 bits per heavy atom. The zero-order valence-corrected chi connectivity index (χ0v) is 19.2. The number of piperazine rings is 1. The van der Waals surface area contributed by atoms with E-state index >= 15 is 0 Å². The van der Waals surface area contributed by atoms with Gasteiger partial charge in [0.2, 0.25) is 0 Å². The van der Waals surface area contributed by atoms with Gasteiger partial charge >= 0.3 is 0 Å². The molecule has 0 spiro atoms. The topological polar surface area (TPSA) is 43.9 Å². The molecule has 0 radical (unpaired) electrons. The summed E-state index contributed by atoms with van der Waals surface area (Å²) in [5.74, 6) is -0.433. The largest absolute Gasteiger partial charge is 0.364 e. The van der Waals surface area contributed by atoms with Gasteiger partial charge in [0.05, 0.1) is 11.3 Å². The van der Waals surface area contributed by atoms with Crippen LogP contribution in [0.5, 0.6) is 0 Å². The predicted molar refractivity (Wildman–Crippen MR) is 125 cm³/mol. The summed E-state index contributed by atoms with van der Waals surface area (Å²) in [5, 5.41) is 0. The fourth-order valence-electron chi connectivity index (χ4n) is 4.62. The molecule has 2 aliphatic heterocycles. The average molecular weight is 418 g/mol. The number of imide groups is 1. The lowest BCUT2D eigenvalue weighted by Crippen LogP contribution is -2.47. The van der Waals surface area contributed by atoms with Crippen LogP contribution in [0.1, 0.15) is 34.7 Å². The van der Waals surface area contributed by atoms with Crippen LogP contribution >= 0.6 is 0 Å². The van der Waals surface area contributed by atoms with Crippen LogP contribution in [0.2, 0.25) is 0 Å². The third-order valence-electron chi connectivity index (χ3n) is 6.45. The number of hydrogen-bond donors (Lipinski definition) is 0. The maximum Gasteiger partial charge on any atom is 0.282 e. The Morgan fingerprint density at radius 3 is 2.06 bits per heavy atom. The van der Waals surface area contributed by atoms with Crippen LogP contribution in [0.15, 0.2) is 42.1 Å². The quantitative estimate of drug-likeness (QED) is 0.709. The van der Waals surface area contributed by atoms with Crippen molar-refractivity contribution in [2.75, 3.05) is 37.6 Å². The highest BCUT2D eigenvalue weighted by molar-refractivity contribution is 6.45. The molecule has 1 fully saturated rings. The molecule has 2 aliphatic rings. The summed E-state index contributed by atoms with van der Waals surface area (Å²) in [4.78, 5) is 33.5. The maximum absolute atomic E-state index is 13.8. The van der Waals surface area contributed by atoms with Crippen molar-refractivity contribution < 1.29 is 9.59 Å². The van der Waals surface area contributed by atoms with Gasteiger partial charge in [0, 0.05) is 26.2 Å². The van der Waals surface area contributed by atoms with Crippen LogP contribution in [0, 0.1) is 27.7 Å². The van der Waals surface area contributed by atoms with Crippen molar-refractivity contribution in [2.24, 2.45) is 0 Å². The van der Waals surface area contributed by atoms with E-state index in [2.05, 4.69) is 22.8 Å². The number of hydrogen-bond acceptors (Lipinski definition) is 4. The lowest BCUT2D eigenvalue weighted by molar-refractivity contribution is -0.120. The van der Waals surface area contributed by atoms with E-state index in [-0.39, 0.29) is 11.8 Å². The molecule has 0 bridgehead atoms. The van der Waals surface area contributed by atoms with E-state index in [0.717, 1.165) is 60.5 Å². The van der Waals surface area contributed by atoms with Crippen molar-refractivity contribution >= 4 is 23.1 Å². The van der Waals surface area contributed by atoms with Gasteiger partial charge in [-0.1, -0.05) is 42.8 Å². The van der Waals surface area contributed by atoms with Crippen molar-refractivity contribution in [1.29, 1.82) is 0 Å². The van der Waals surface area contributed by atoms with Crippen molar-refractivity contribution in [2.45, 2.75) is 34.6 Å². The fourth-order valence-corrected chi connectivity index (χ4v) is 4.62. The normalized spacial score (nSPS) is 17.8. The molecule has 0 N–H and O–H groups in total. The first-order valence-corrected chi connectivity index (χ1v) is 11.1. The standard InChI is InChI=1S/C26H31N3O2/c1-6-27-11-13-28(14-12-27)24-23(21-10-8-17(2)15-20(21)5)25(30)29(26(24)31)22-16-18(3)7-9-19(22)4/h7-10,15-16H,6,11-14H2,1-5H3. The number of aryl methyl sites for hydroxylation is 4. The van der Waals surface area contributed by atoms with E-state index in [9.17, 15) is 9.59 Å². The minimum absolute atomic E-state index is 0.210. The summed E-state index contributed by atoms with van der Waals surface area (Å²) in [7, 11) is 0. The predicted octanol–water partition coefficient (Wildman–Crippen LogP) is 3.84. The molecule has 5 nitrogen and oxygen atoms in total. The average Bonchev–Trinajstić information content (AvgIpc) is 3.00. The summed E-state index contributed by atoms with van der Waals surface area (Å²) in [5.41, 5.74) is 6.72. The first-order chi connectivity index (χ1) is 14.8. The van der Waals surface area contributed by atoms with Crippen LogP contribution in [0.3, 0.4) is 0 Å². The molecule has 1 saturated heterocycles. The number of carbonyl (C=O) groups excluding carboxylic acids is 2. The molecule has 4 rings (SSSR count). The van der Waals surface area contributed by atoms with Gasteiger partial charge in [0.25, 0.3) is 11.8 Å². The van der Waals surface area contributed by atoms with Crippen molar-refractivity contribution in [3.05, 3.63) is 69.9 Å². The van der Waals surface area contributed by atoms with E-state index in [0.29, 0.717) is 17.0 Å². The molecule has 31 heavy (non-hydrogen) atoms. The van der Waals surface area contributed by atoms with Crippen molar-refractivity contribution in [1.82, 2.24) is 9.80 Å². The Morgan fingerprint density at radius 2 is 1.42 bits per heavy atom. The molecule has 5 heteroatoms. The zero-order chi connectivity index (χ0) is 22.3. The number of likely N-dealkylation sites (N-methyl/N-ethyl adjacent to an activating group) is 1. The van der Waals surface area contributed by atoms with Crippen LogP contribution in [0.25, 0.3) is 5.57 Å². The number of benzene rings is 2. The highest BCUT2D eigenvalue weighted by atomic mass is 16.2. The monoisotopic (exact) mass is 417 g/mol. The summed E-state index contributed by atoms with van der Waals surface area (Å²) in [6, 6.07) is 12.0. The van der Waals surface area contributed by atoms with Crippen molar-refractivity contribution in [3.8, 4) is 0 Å². The Labute approximate surface area is 184 Å². The third kappa shape index (κ3) is 3.79. The zero-order valence-electron chi connectivity index (χ0n) is 19.2. The first kappa shape index (κ1) is 21.3.